The van der Waals surface area contributed by atoms with Gasteiger partial charge in [0.2, 0.25) is 11.9 Å². The van der Waals surface area contributed by atoms with Crippen molar-refractivity contribution in [1.82, 2.24) is 15.0 Å². The van der Waals surface area contributed by atoms with E-state index in [2.05, 4.69) is 20.3 Å². The van der Waals surface area contributed by atoms with Crippen LogP contribution in [-0.4, -0.2) is 34.1 Å². The standard InChI is InChI=1S/C22H25N5O4/c1-3-29-17-6-4-5-7-18(17)30-13-12-20(28)31-14-19-25-21(23)27-22(26-19)24-16-10-8-15(2)9-11-16/h4-11H,3,12-14H2,1-2H3,(H3,23,24,25,26,27). The van der Waals surface area contributed by atoms with E-state index in [4.69, 9.17) is 19.9 Å². The zero-order valence-electron chi connectivity index (χ0n) is 17.5. The van der Waals surface area contributed by atoms with Gasteiger partial charge in [0, 0.05) is 5.69 Å². The largest absolute Gasteiger partial charge is 0.490 e. The molecule has 0 bridgehead atoms. The van der Waals surface area contributed by atoms with Crippen molar-refractivity contribution in [3.05, 3.63) is 59.9 Å². The number of aromatic nitrogens is 3. The van der Waals surface area contributed by atoms with Gasteiger partial charge < -0.3 is 25.3 Å². The van der Waals surface area contributed by atoms with Gasteiger partial charge >= 0.3 is 5.97 Å². The van der Waals surface area contributed by atoms with Crippen LogP contribution in [0, 0.1) is 6.92 Å². The summed E-state index contributed by atoms with van der Waals surface area (Å²) in [5.41, 5.74) is 7.70. The molecule has 31 heavy (non-hydrogen) atoms. The zero-order valence-corrected chi connectivity index (χ0v) is 17.5. The Kier molecular flexibility index (Phi) is 7.58. The van der Waals surface area contributed by atoms with Gasteiger partial charge in [0.05, 0.1) is 19.6 Å². The summed E-state index contributed by atoms with van der Waals surface area (Å²) < 4.78 is 16.4. The lowest BCUT2D eigenvalue weighted by Crippen LogP contribution is -2.13. The minimum Gasteiger partial charge on any atom is -0.490 e. The van der Waals surface area contributed by atoms with Gasteiger partial charge in [-0.05, 0) is 38.1 Å². The van der Waals surface area contributed by atoms with Gasteiger partial charge in [-0.1, -0.05) is 29.8 Å². The number of anilines is 3. The van der Waals surface area contributed by atoms with Crippen molar-refractivity contribution < 1.29 is 19.0 Å². The maximum absolute atomic E-state index is 12.1. The Balaban J connectivity index is 1.49. The van der Waals surface area contributed by atoms with E-state index < -0.39 is 5.97 Å². The van der Waals surface area contributed by atoms with Crippen LogP contribution in [0.15, 0.2) is 48.5 Å². The summed E-state index contributed by atoms with van der Waals surface area (Å²) in [7, 11) is 0. The molecule has 0 radical (unpaired) electrons. The molecule has 2 aromatic carbocycles. The molecular formula is C22H25N5O4. The molecule has 0 aliphatic carbocycles. The summed E-state index contributed by atoms with van der Waals surface area (Å²) in [5, 5.41) is 3.05. The van der Waals surface area contributed by atoms with Crippen LogP contribution < -0.4 is 20.5 Å². The number of hydrogen-bond acceptors (Lipinski definition) is 9. The molecule has 0 saturated heterocycles. The van der Waals surface area contributed by atoms with Gasteiger partial charge in [-0.15, -0.1) is 0 Å². The number of nitrogens with one attached hydrogen (secondary N) is 1. The summed E-state index contributed by atoms with van der Waals surface area (Å²) in [6.45, 7) is 4.45. The number of aryl methyl sites for hydroxylation is 1. The minimum atomic E-state index is -0.444. The van der Waals surface area contributed by atoms with Gasteiger partial charge in [-0.25, -0.2) is 0 Å². The zero-order chi connectivity index (χ0) is 22.1. The van der Waals surface area contributed by atoms with Crippen molar-refractivity contribution in [2.45, 2.75) is 26.9 Å². The van der Waals surface area contributed by atoms with E-state index in [1.165, 1.54) is 0 Å². The quantitative estimate of drug-likeness (QED) is 0.472. The SMILES string of the molecule is CCOc1ccccc1OCCC(=O)OCc1nc(N)nc(Nc2ccc(C)cc2)n1. The molecule has 162 valence electrons. The lowest BCUT2D eigenvalue weighted by molar-refractivity contribution is -0.145. The molecule has 0 aliphatic heterocycles. The second-order valence-corrected chi connectivity index (χ2v) is 6.56. The van der Waals surface area contributed by atoms with Crippen molar-refractivity contribution in [3.63, 3.8) is 0 Å². The van der Waals surface area contributed by atoms with E-state index in [1.807, 2.05) is 56.3 Å². The number of carbonyl (C=O) groups excluding carboxylic acids is 1. The second kappa shape index (κ2) is 10.8. The Labute approximate surface area is 180 Å². The first-order valence-corrected chi connectivity index (χ1v) is 9.88. The third-order valence-electron chi connectivity index (χ3n) is 4.08. The van der Waals surface area contributed by atoms with Crippen LogP contribution in [0.25, 0.3) is 0 Å². The highest BCUT2D eigenvalue weighted by Gasteiger charge is 2.10. The predicted octanol–water partition coefficient (Wildman–Crippen LogP) is 3.42. The third kappa shape index (κ3) is 6.84. The fraction of sp³-hybridized carbons (Fsp3) is 0.273. The highest BCUT2D eigenvalue weighted by molar-refractivity contribution is 5.69. The topological polar surface area (TPSA) is 121 Å². The van der Waals surface area contributed by atoms with Crippen molar-refractivity contribution in [1.29, 1.82) is 0 Å². The average Bonchev–Trinajstić information content (AvgIpc) is 2.75. The van der Waals surface area contributed by atoms with Crippen molar-refractivity contribution >= 4 is 23.6 Å². The molecule has 0 aliphatic rings. The third-order valence-corrected chi connectivity index (χ3v) is 4.08. The molecule has 3 aromatic rings. The second-order valence-electron chi connectivity index (χ2n) is 6.56. The minimum absolute atomic E-state index is 0.0338. The predicted molar refractivity (Wildman–Crippen MR) is 116 cm³/mol. The summed E-state index contributed by atoms with van der Waals surface area (Å²) in [6, 6.07) is 15.0. The van der Waals surface area contributed by atoms with Gasteiger partial charge in [0.15, 0.2) is 23.9 Å². The van der Waals surface area contributed by atoms with Crippen LogP contribution in [0.3, 0.4) is 0 Å². The maximum Gasteiger partial charge on any atom is 0.309 e. The van der Waals surface area contributed by atoms with Crippen molar-refractivity contribution in [2.75, 3.05) is 24.3 Å². The van der Waals surface area contributed by atoms with Gasteiger partial charge in [0.1, 0.15) is 0 Å². The molecule has 3 N–H and O–H groups in total. The number of para-hydroxylation sites is 2. The molecule has 9 nitrogen and oxygen atoms in total. The fourth-order valence-corrected chi connectivity index (χ4v) is 2.63. The lowest BCUT2D eigenvalue weighted by atomic mass is 10.2. The Hall–Kier alpha value is -3.88. The van der Waals surface area contributed by atoms with Crippen LogP contribution in [0.4, 0.5) is 17.6 Å². The molecule has 0 amide bonds. The number of nitrogens with two attached hydrogens (primary N) is 1. The van der Waals surface area contributed by atoms with Gasteiger partial charge in [0.25, 0.3) is 0 Å². The molecular weight excluding hydrogens is 398 g/mol. The van der Waals surface area contributed by atoms with E-state index in [0.29, 0.717) is 18.1 Å². The highest BCUT2D eigenvalue weighted by atomic mass is 16.5. The Morgan fingerprint density at radius 3 is 2.42 bits per heavy atom. The fourth-order valence-electron chi connectivity index (χ4n) is 2.63. The van der Waals surface area contributed by atoms with Crippen molar-refractivity contribution in [2.24, 2.45) is 0 Å². The summed E-state index contributed by atoms with van der Waals surface area (Å²) >= 11 is 0. The smallest absolute Gasteiger partial charge is 0.309 e. The first-order valence-electron chi connectivity index (χ1n) is 9.88. The average molecular weight is 423 g/mol. The van der Waals surface area contributed by atoms with Crippen LogP contribution in [0.1, 0.15) is 24.7 Å². The molecule has 0 atom stereocenters. The van der Waals surface area contributed by atoms with E-state index in [9.17, 15) is 4.79 Å². The number of benzene rings is 2. The highest BCUT2D eigenvalue weighted by Crippen LogP contribution is 2.26. The number of hydrogen-bond donors (Lipinski definition) is 2. The van der Waals surface area contributed by atoms with E-state index in [1.54, 1.807) is 6.07 Å². The molecule has 0 spiro atoms. The summed E-state index contributed by atoms with van der Waals surface area (Å²) in [4.78, 5) is 24.4. The van der Waals surface area contributed by atoms with E-state index in [0.717, 1.165) is 11.3 Å². The van der Waals surface area contributed by atoms with E-state index in [-0.39, 0.29) is 37.4 Å². The lowest BCUT2D eigenvalue weighted by Gasteiger charge is -2.11. The molecule has 3 rings (SSSR count). The van der Waals surface area contributed by atoms with Crippen LogP contribution >= 0.6 is 0 Å². The first-order chi connectivity index (χ1) is 15.0. The van der Waals surface area contributed by atoms with E-state index >= 15 is 0 Å². The normalized spacial score (nSPS) is 10.4. The monoisotopic (exact) mass is 423 g/mol. The Morgan fingerprint density at radius 1 is 1.00 bits per heavy atom. The number of rotatable bonds is 10. The molecule has 1 heterocycles. The molecule has 0 fully saturated rings. The van der Waals surface area contributed by atoms with Crippen LogP contribution in [0.5, 0.6) is 11.5 Å². The Morgan fingerprint density at radius 2 is 1.71 bits per heavy atom. The number of nitrogen functional groups attached to an aromatic ring is 1. The molecule has 0 unspecified atom stereocenters. The molecule has 9 heteroatoms. The number of esters is 1. The summed E-state index contributed by atoms with van der Waals surface area (Å²) in [6.07, 6.45) is 0.0650. The van der Waals surface area contributed by atoms with Crippen molar-refractivity contribution in [3.8, 4) is 11.5 Å². The van der Waals surface area contributed by atoms with Crippen LogP contribution in [0.2, 0.25) is 0 Å². The van der Waals surface area contributed by atoms with Gasteiger partial charge in [-0.2, -0.15) is 15.0 Å². The van der Waals surface area contributed by atoms with Crippen LogP contribution in [-0.2, 0) is 16.1 Å². The molecule has 1 aromatic heterocycles. The first kappa shape index (κ1) is 21.8. The number of carbonyl (C=O) groups is 1. The number of ether oxygens (including phenoxy) is 3. The molecule has 0 saturated carbocycles. The maximum atomic E-state index is 12.1. The number of nitrogens with zero attached hydrogens (tertiary/aromatic N) is 3. The Bertz CT molecular complexity index is 1010. The van der Waals surface area contributed by atoms with Gasteiger partial charge in [-0.3, -0.25) is 4.79 Å². The summed E-state index contributed by atoms with van der Waals surface area (Å²) in [5.74, 6) is 1.32.